The van der Waals surface area contributed by atoms with Crippen LogP contribution in [0.3, 0.4) is 0 Å². The van der Waals surface area contributed by atoms with Gasteiger partial charge >= 0.3 is 0 Å². The van der Waals surface area contributed by atoms with Gasteiger partial charge in [0.1, 0.15) is 11.5 Å². The summed E-state index contributed by atoms with van der Waals surface area (Å²) in [4.78, 5) is 13.9. The molecule has 0 saturated carbocycles. The maximum Gasteiger partial charge on any atom is 0.253 e. The lowest BCUT2D eigenvalue weighted by atomic mass is 9.97. The SMILES string of the molecule is C=C(c1cc(C(C)C)c(O)cc1O)N(C(=S)NC)c1cccc(N2N=C(C)CC2=O)c1.CC. The molecule has 2 aromatic carbocycles. The molecule has 0 saturated heterocycles. The number of carbonyl (C=O) groups is 1. The number of nitrogens with one attached hydrogen (secondary N) is 1. The fourth-order valence-corrected chi connectivity index (χ4v) is 3.65. The van der Waals surface area contributed by atoms with Gasteiger partial charge in [-0.3, -0.25) is 9.69 Å². The molecule has 1 aliphatic rings. The summed E-state index contributed by atoms with van der Waals surface area (Å²) >= 11 is 5.52. The molecule has 33 heavy (non-hydrogen) atoms. The van der Waals surface area contributed by atoms with Crippen molar-refractivity contribution in [2.75, 3.05) is 17.0 Å². The number of amides is 1. The third kappa shape index (κ3) is 5.51. The number of nitrogens with zero attached hydrogens (tertiary/aromatic N) is 3. The minimum atomic E-state index is -0.109. The lowest BCUT2D eigenvalue weighted by molar-refractivity contribution is -0.116. The smallest absolute Gasteiger partial charge is 0.253 e. The lowest BCUT2D eigenvalue weighted by Gasteiger charge is -2.29. The van der Waals surface area contributed by atoms with E-state index >= 15 is 0 Å². The van der Waals surface area contributed by atoms with E-state index < -0.39 is 0 Å². The summed E-state index contributed by atoms with van der Waals surface area (Å²) in [5.41, 5.74) is 3.55. The number of rotatable bonds is 5. The Morgan fingerprint density at radius 2 is 1.88 bits per heavy atom. The van der Waals surface area contributed by atoms with Gasteiger partial charge in [0.25, 0.3) is 5.91 Å². The normalized spacial score (nSPS) is 12.8. The molecule has 3 rings (SSSR count). The molecule has 7 nitrogen and oxygen atoms in total. The molecule has 8 heteroatoms. The second-order valence-corrected chi connectivity index (χ2v) is 8.04. The van der Waals surface area contributed by atoms with Crippen LogP contribution in [0.25, 0.3) is 5.70 Å². The Hall–Kier alpha value is -3.39. The van der Waals surface area contributed by atoms with Gasteiger partial charge in [-0.2, -0.15) is 5.10 Å². The van der Waals surface area contributed by atoms with E-state index in [-0.39, 0.29) is 29.7 Å². The van der Waals surface area contributed by atoms with Crippen LogP contribution in [0.15, 0.2) is 48.1 Å². The highest BCUT2D eigenvalue weighted by Gasteiger charge is 2.25. The predicted molar refractivity (Wildman–Crippen MR) is 140 cm³/mol. The van der Waals surface area contributed by atoms with E-state index in [9.17, 15) is 15.0 Å². The predicted octanol–water partition coefficient (Wildman–Crippen LogP) is 5.34. The molecule has 0 unspecified atom stereocenters. The first kappa shape index (κ1) is 25.9. The summed E-state index contributed by atoms with van der Waals surface area (Å²) in [6, 6.07) is 10.2. The minimum Gasteiger partial charge on any atom is -0.508 e. The number of phenols is 2. The molecule has 0 radical (unpaired) electrons. The van der Waals surface area contributed by atoms with E-state index in [4.69, 9.17) is 12.2 Å². The van der Waals surface area contributed by atoms with Gasteiger partial charge in [-0.15, -0.1) is 0 Å². The van der Waals surface area contributed by atoms with Gasteiger partial charge < -0.3 is 15.5 Å². The molecule has 0 spiro atoms. The lowest BCUT2D eigenvalue weighted by Crippen LogP contribution is -2.36. The van der Waals surface area contributed by atoms with Crippen LogP contribution in [0.2, 0.25) is 0 Å². The zero-order chi connectivity index (χ0) is 24.9. The van der Waals surface area contributed by atoms with Crippen LogP contribution in [-0.4, -0.2) is 34.0 Å². The van der Waals surface area contributed by atoms with Crippen LogP contribution in [0.5, 0.6) is 11.5 Å². The van der Waals surface area contributed by atoms with Gasteiger partial charge in [0.2, 0.25) is 0 Å². The third-order valence-electron chi connectivity index (χ3n) is 5.01. The first-order chi connectivity index (χ1) is 15.6. The van der Waals surface area contributed by atoms with Crippen molar-refractivity contribution in [1.29, 1.82) is 0 Å². The van der Waals surface area contributed by atoms with E-state index in [0.29, 0.717) is 33.3 Å². The van der Waals surface area contributed by atoms with E-state index in [0.717, 1.165) is 5.71 Å². The van der Waals surface area contributed by atoms with Crippen LogP contribution in [-0.2, 0) is 4.79 Å². The van der Waals surface area contributed by atoms with Crippen LogP contribution < -0.4 is 15.2 Å². The summed E-state index contributed by atoms with van der Waals surface area (Å²) in [5.74, 6) is -0.145. The highest BCUT2D eigenvalue weighted by Crippen LogP contribution is 2.38. The average molecular weight is 469 g/mol. The maximum atomic E-state index is 12.3. The number of phenolic OH excluding ortho intramolecular Hbond substituents is 2. The van der Waals surface area contributed by atoms with Gasteiger partial charge in [0.05, 0.1) is 23.5 Å². The Morgan fingerprint density at radius 3 is 2.42 bits per heavy atom. The summed E-state index contributed by atoms with van der Waals surface area (Å²) < 4.78 is 0. The Kier molecular flexibility index (Phi) is 8.59. The molecule has 176 valence electrons. The van der Waals surface area contributed by atoms with Crippen LogP contribution in [0.4, 0.5) is 11.4 Å². The highest BCUT2D eigenvalue weighted by molar-refractivity contribution is 7.80. The van der Waals surface area contributed by atoms with Crippen molar-refractivity contribution >= 4 is 46.0 Å². The Balaban J connectivity index is 0.00000187. The molecule has 0 atom stereocenters. The van der Waals surface area contributed by atoms with E-state index in [1.165, 1.54) is 11.1 Å². The van der Waals surface area contributed by atoms with Crippen LogP contribution in [0.1, 0.15) is 58.1 Å². The fraction of sp³-hybridized carbons (Fsp3) is 0.320. The standard InChI is InChI=1S/C23H26N4O3S.C2H6/c1-13(2)18-11-19(21(29)12-20(18)28)15(4)26(23(31)24-5)16-7-6-8-17(10-16)27-22(30)9-14(3)25-27;1-2/h6-8,10-13,28-29H,4,9H2,1-3,5H3,(H,24,31);1-2H3. The summed E-state index contributed by atoms with van der Waals surface area (Å²) in [6.07, 6.45) is 0.287. The molecule has 0 fully saturated rings. The number of hydrogen-bond donors (Lipinski definition) is 3. The van der Waals surface area contributed by atoms with Crippen molar-refractivity contribution in [3.05, 3.63) is 54.1 Å². The highest BCUT2D eigenvalue weighted by atomic mass is 32.1. The molecule has 1 aliphatic heterocycles. The molecule has 0 aromatic heterocycles. The van der Waals surface area contributed by atoms with Gasteiger partial charge in [-0.25, -0.2) is 5.01 Å². The number of hydrazone groups is 1. The van der Waals surface area contributed by atoms with Crippen molar-refractivity contribution in [2.45, 2.75) is 47.0 Å². The number of benzene rings is 2. The number of anilines is 2. The third-order valence-corrected chi connectivity index (χ3v) is 5.40. The monoisotopic (exact) mass is 468 g/mol. The summed E-state index contributed by atoms with van der Waals surface area (Å²) in [5, 5.41) is 29.7. The fourth-order valence-electron chi connectivity index (χ4n) is 3.44. The molecule has 1 amide bonds. The zero-order valence-corrected chi connectivity index (χ0v) is 20.8. The number of aromatic hydroxyl groups is 2. The Bertz CT molecular complexity index is 1100. The van der Waals surface area contributed by atoms with Crippen molar-refractivity contribution in [3.63, 3.8) is 0 Å². The second-order valence-electron chi connectivity index (χ2n) is 7.66. The average Bonchev–Trinajstić information content (AvgIpc) is 3.13. The van der Waals surface area contributed by atoms with Crippen molar-refractivity contribution in [1.82, 2.24) is 5.32 Å². The molecule has 1 heterocycles. The van der Waals surface area contributed by atoms with E-state index in [2.05, 4.69) is 17.0 Å². The molecule has 0 bridgehead atoms. The topological polar surface area (TPSA) is 88.4 Å². The second kappa shape index (κ2) is 11.0. The largest absolute Gasteiger partial charge is 0.508 e. The van der Waals surface area contributed by atoms with Gasteiger partial charge in [-0.05, 0) is 54.9 Å². The number of thiocarbonyl (C=S) groups is 1. The Morgan fingerprint density at radius 1 is 1.21 bits per heavy atom. The summed E-state index contributed by atoms with van der Waals surface area (Å²) in [6.45, 7) is 13.9. The Labute approximate surface area is 201 Å². The molecule has 3 N–H and O–H groups in total. The van der Waals surface area contributed by atoms with E-state index in [1.807, 2.05) is 40.7 Å². The van der Waals surface area contributed by atoms with Gasteiger partial charge in [-0.1, -0.05) is 40.3 Å². The molecular formula is C25H32N4O3S. The zero-order valence-electron chi connectivity index (χ0n) is 20.0. The first-order valence-electron chi connectivity index (χ1n) is 10.9. The van der Waals surface area contributed by atoms with Crippen LogP contribution in [0, 0.1) is 0 Å². The molecule has 2 aromatic rings. The minimum absolute atomic E-state index is 0.0227. The molecule has 0 aliphatic carbocycles. The van der Waals surface area contributed by atoms with Gasteiger partial charge in [0, 0.05) is 24.4 Å². The maximum absolute atomic E-state index is 12.3. The molecular weight excluding hydrogens is 436 g/mol. The van der Waals surface area contributed by atoms with Crippen LogP contribution >= 0.6 is 12.2 Å². The summed E-state index contributed by atoms with van der Waals surface area (Å²) in [7, 11) is 1.69. The van der Waals surface area contributed by atoms with Crippen molar-refractivity contribution < 1.29 is 15.0 Å². The number of carbonyl (C=O) groups excluding carboxylic acids is 1. The van der Waals surface area contributed by atoms with E-state index in [1.54, 1.807) is 36.2 Å². The van der Waals surface area contributed by atoms with Crippen molar-refractivity contribution in [2.24, 2.45) is 5.10 Å². The van der Waals surface area contributed by atoms with Gasteiger partial charge in [0.15, 0.2) is 5.11 Å². The number of hydrogen-bond acceptors (Lipinski definition) is 5. The van der Waals surface area contributed by atoms with Crippen molar-refractivity contribution in [3.8, 4) is 11.5 Å². The quantitative estimate of drug-likeness (QED) is 0.513. The first-order valence-corrected chi connectivity index (χ1v) is 11.3.